The van der Waals surface area contributed by atoms with Crippen LogP contribution in [0.3, 0.4) is 0 Å². The third-order valence-corrected chi connectivity index (χ3v) is 4.32. The summed E-state index contributed by atoms with van der Waals surface area (Å²) < 4.78 is 9.47. The van der Waals surface area contributed by atoms with E-state index in [9.17, 15) is 0 Å². The molecule has 4 rings (SSSR count). The molecule has 1 atom stereocenters. The number of aryl methyl sites for hydroxylation is 1. The third-order valence-electron chi connectivity index (χ3n) is 4.32. The topological polar surface area (TPSA) is 95.8 Å². The Bertz CT molecular complexity index is 864. The summed E-state index contributed by atoms with van der Waals surface area (Å²) in [5.41, 5.74) is 10.2. The summed E-state index contributed by atoms with van der Waals surface area (Å²) in [5.74, 6) is 0. The van der Waals surface area contributed by atoms with Crippen LogP contribution in [0.15, 0.2) is 36.9 Å². The van der Waals surface area contributed by atoms with E-state index in [-0.39, 0.29) is 6.23 Å². The van der Waals surface area contributed by atoms with Crippen molar-refractivity contribution in [3.63, 3.8) is 0 Å². The maximum Gasteiger partial charge on any atom is 0.150 e. The van der Waals surface area contributed by atoms with Crippen LogP contribution in [-0.2, 0) is 11.8 Å². The van der Waals surface area contributed by atoms with Crippen LogP contribution in [0.5, 0.6) is 0 Å². The van der Waals surface area contributed by atoms with Gasteiger partial charge >= 0.3 is 0 Å². The summed E-state index contributed by atoms with van der Waals surface area (Å²) in [4.78, 5) is 4.48. The number of hydrogen-bond donors (Lipinski definition) is 2. The fourth-order valence-corrected chi connectivity index (χ4v) is 3.08. The Kier molecular flexibility index (Phi) is 4.10. The number of nitrogens with two attached hydrogens (primary N) is 1. The summed E-state index contributed by atoms with van der Waals surface area (Å²) >= 11 is 0. The van der Waals surface area contributed by atoms with Gasteiger partial charge in [-0.2, -0.15) is 10.2 Å². The Hall–Kier alpha value is -2.87. The van der Waals surface area contributed by atoms with Crippen LogP contribution in [0.2, 0.25) is 0 Å². The van der Waals surface area contributed by atoms with Crippen molar-refractivity contribution in [2.75, 3.05) is 17.7 Å². The molecule has 8 heteroatoms. The second-order valence-corrected chi connectivity index (χ2v) is 6.13. The van der Waals surface area contributed by atoms with Gasteiger partial charge in [-0.1, -0.05) is 0 Å². The molecule has 3 aromatic rings. The number of nitrogen functional groups attached to an aromatic ring is 1. The zero-order valence-corrected chi connectivity index (χ0v) is 14.1. The van der Waals surface area contributed by atoms with E-state index in [1.54, 1.807) is 23.3 Å². The van der Waals surface area contributed by atoms with Gasteiger partial charge in [0.25, 0.3) is 0 Å². The Morgan fingerprint density at radius 1 is 1.24 bits per heavy atom. The summed E-state index contributed by atoms with van der Waals surface area (Å²) in [5, 5.41) is 11.9. The number of nitrogens with one attached hydrogen (secondary N) is 1. The van der Waals surface area contributed by atoms with E-state index in [0.29, 0.717) is 11.4 Å². The van der Waals surface area contributed by atoms with E-state index in [1.165, 1.54) is 0 Å². The van der Waals surface area contributed by atoms with Crippen molar-refractivity contribution in [3.8, 4) is 11.4 Å². The lowest BCUT2D eigenvalue weighted by Gasteiger charge is -2.24. The molecule has 4 heterocycles. The molecule has 1 aliphatic heterocycles. The first-order valence-corrected chi connectivity index (χ1v) is 8.38. The molecule has 3 N–H and O–H groups in total. The van der Waals surface area contributed by atoms with Gasteiger partial charge in [0.2, 0.25) is 0 Å². The highest BCUT2D eigenvalue weighted by molar-refractivity contribution is 5.83. The normalized spacial score (nSPS) is 17.6. The van der Waals surface area contributed by atoms with Gasteiger partial charge in [-0.05, 0) is 31.4 Å². The lowest BCUT2D eigenvalue weighted by molar-refractivity contribution is -0.0384. The van der Waals surface area contributed by atoms with Crippen molar-refractivity contribution in [1.29, 1.82) is 0 Å². The van der Waals surface area contributed by atoms with Crippen LogP contribution in [0.4, 0.5) is 17.1 Å². The number of nitrogens with zero attached hydrogens (tertiary/aromatic N) is 5. The average molecular weight is 339 g/mol. The van der Waals surface area contributed by atoms with Gasteiger partial charge in [0, 0.05) is 32.2 Å². The smallest absolute Gasteiger partial charge is 0.150 e. The first-order valence-electron chi connectivity index (χ1n) is 8.38. The Balaban J connectivity index is 1.67. The van der Waals surface area contributed by atoms with E-state index >= 15 is 0 Å². The molecule has 1 aliphatic rings. The van der Waals surface area contributed by atoms with Crippen LogP contribution in [0, 0.1) is 0 Å². The SMILES string of the molecule is Cn1cc(Nc2ccnc(-c3ccnn3C3CCCCO3)c2N)cn1. The summed E-state index contributed by atoms with van der Waals surface area (Å²) in [6.45, 7) is 0.759. The van der Waals surface area contributed by atoms with Crippen molar-refractivity contribution < 1.29 is 4.74 Å². The van der Waals surface area contributed by atoms with E-state index < -0.39 is 0 Å². The molecule has 1 saturated heterocycles. The number of ether oxygens (including phenoxy) is 1. The molecule has 0 amide bonds. The molecule has 0 aliphatic carbocycles. The Morgan fingerprint density at radius 2 is 2.16 bits per heavy atom. The monoisotopic (exact) mass is 339 g/mol. The zero-order chi connectivity index (χ0) is 17.2. The minimum atomic E-state index is -0.0603. The standard InChI is InChI=1S/C17H21N7O/c1-23-11-12(10-21-23)22-13-5-7-19-17(16(13)18)14-6-8-20-24(14)15-4-2-3-9-25-15/h5-8,10-11,15H,2-4,9,18H2,1H3,(H,19,22). The number of anilines is 3. The molecular weight excluding hydrogens is 318 g/mol. The summed E-state index contributed by atoms with van der Waals surface area (Å²) in [6, 6.07) is 3.77. The fraction of sp³-hybridized carbons (Fsp3) is 0.353. The van der Waals surface area contributed by atoms with Crippen LogP contribution in [0.1, 0.15) is 25.5 Å². The van der Waals surface area contributed by atoms with Gasteiger partial charge in [-0.15, -0.1) is 0 Å². The van der Waals surface area contributed by atoms with Crippen molar-refractivity contribution in [1.82, 2.24) is 24.5 Å². The van der Waals surface area contributed by atoms with Gasteiger partial charge in [0.1, 0.15) is 5.69 Å². The molecule has 1 unspecified atom stereocenters. The second-order valence-electron chi connectivity index (χ2n) is 6.13. The van der Waals surface area contributed by atoms with Gasteiger partial charge in [0.05, 0.1) is 29.0 Å². The molecule has 0 radical (unpaired) electrons. The van der Waals surface area contributed by atoms with E-state index in [2.05, 4.69) is 20.5 Å². The molecule has 130 valence electrons. The Morgan fingerprint density at radius 3 is 2.92 bits per heavy atom. The van der Waals surface area contributed by atoms with Crippen molar-refractivity contribution in [2.24, 2.45) is 7.05 Å². The zero-order valence-electron chi connectivity index (χ0n) is 14.1. The van der Waals surface area contributed by atoms with Crippen LogP contribution in [0.25, 0.3) is 11.4 Å². The highest BCUT2D eigenvalue weighted by Crippen LogP contribution is 2.34. The second kappa shape index (κ2) is 6.56. The molecule has 3 aromatic heterocycles. The highest BCUT2D eigenvalue weighted by Gasteiger charge is 2.21. The average Bonchev–Trinajstić information content (AvgIpc) is 3.27. The van der Waals surface area contributed by atoms with Gasteiger partial charge in [-0.25, -0.2) is 4.68 Å². The summed E-state index contributed by atoms with van der Waals surface area (Å²) in [7, 11) is 1.87. The molecule has 0 bridgehead atoms. The van der Waals surface area contributed by atoms with Gasteiger partial charge < -0.3 is 15.8 Å². The van der Waals surface area contributed by atoms with Crippen LogP contribution < -0.4 is 11.1 Å². The molecular formula is C17H21N7O. The van der Waals surface area contributed by atoms with Crippen LogP contribution in [-0.4, -0.2) is 31.2 Å². The Labute approximate surface area is 145 Å². The molecule has 8 nitrogen and oxygen atoms in total. The number of rotatable bonds is 4. The van der Waals surface area contributed by atoms with Gasteiger partial charge in [0.15, 0.2) is 6.23 Å². The molecule has 25 heavy (non-hydrogen) atoms. The molecule has 1 fully saturated rings. The lowest BCUT2D eigenvalue weighted by atomic mass is 10.1. The molecule has 0 saturated carbocycles. The van der Waals surface area contributed by atoms with Gasteiger partial charge in [-0.3, -0.25) is 9.67 Å². The number of hydrogen-bond acceptors (Lipinski definition) is 6. The van der Waals surface area contributed by atoms with Crippen molar-refractivity contribution in [3.05, 3.63) is 36.9 Å². The highest BCUT2D eigenvalue weighted by atomic mass is 16.5. The van der Waals surface area contributed by atoms with Crippen molar-refractivity contribution >= 4 is 17.1 Å². The third kappa shape index (κ3) is 3.08. The van der Waals surface area contributed by atoms with Crippen LogP contribution >= 0.6 is 0 Å². The van der Waals surface area contributed by atoms with E-state index in [1.807, 2.05) is 30.1 Å². The lowest BCUT2D eigenvalue weighted by Crippen LogP contribution is -2.20. The molecule has 0 aromatic carbocycles. The first kappa shape index (κ1) is 15.6. The van der Waals surface area contributed by atoms with Crippen molar-refractivity contribution in [2.45, 2.75) is 25.5 Å². The fourth-order valence-electron chi connectivity index (χ4n) is 3.08. The largest absolute Gasteiger partial charge is 0.395 e. The minimum Gasteiger partial charge on any atom is -0.395 e. The summed E-state index contributed by atoms with van der Waals surface area (Å²) in [6.07, 6.45) is 10.3. The van der Waals surface area contributed by atoms with E-state index in [4.69, 9.17) is 10.5 Å². The number of aromatic nitrogens is 5. The predicted molar refractivity (Wildman–Crippen MR) is 95.2 cm³/mol. The first-order chi connectivity index (χ1) is 12.2. The molecule has 0 spiro atoms. The maximum absolute atomic E-state index is 6.39. The quantitative estimate of drug-likeness (QED) is 0.759. The number of pyridine rings is 1. The van der Waals surface area contributed by atoms with E-state index in [0.717, 1.165) is 42.9 Å². The minimum absolute atomic E-state index is 0.0603. The predicted octanol–water partition coefficient (Wildman–Crippen LogP) is 2.70. The maximum atomic E-state index is 6.39.